The summed E-state index contributed by atoms with van der Waals surface area (Å²) in [6, 6.07) is 0. The van der Waals surface area contributed by atoms with E-state index in [0.29, 0.717) is 19.4 Å². The van der Waals surface area contributed by atoms with Crippen LogP contribution in [0.3, 0.4) is 0 Å². The molecule has 1 aliphatic heterocycles. The summed E-state index contributed by atoms with van der Waals surface area (Å²) in [4.78, 5) is 11.1. The second kappa shape index (κ2) is 5.89. The molecule has 18 heavy (non-hydrogen) atoms. The van der Waals surface area contributed by atoms with E-state index in [4.69, 9.17) is 14.0 Å². The maximum absolute atomic E-state index is 11.1. The first-order valence-corrected chi connectivity index (χ1v) is 6.46. The number of allylic oxidation sites excluding steroid dienone is 1. The predicted octanol–water partition coefficient (Wildman–Crippen LogP) is 2.52. The number of carbonyl (C=O) groups is 1. The molecule has 1 aliphatic rings. The van der Waals surface area contributed by atoms with Gasteiger partial charge in [-0.2, -0.15) is 0 Å². The van der Waals surface area contributed by atoms with Crippen LogP contribution in [-0.4, -0.2) is 30.9 Å². The van der Waals surface area contributed by atoms with Gasteiger partial charge < -0.3 is 14.0 Å². The van der Waals surface area contributed by atoms with Gasteiger partial charge in [0.25, 0.3) is 0 Å². The van der Waals surface area contributed by atoms with Crippen LogP contribution in [0.15, 0.2) is 12.1 Å². The van der Waals surface area contributed by atoms with Crippen molar-refractivity contribution in [3.05, 3.63) is 12.1 Å². The third-order valence-corrected chi connectivity index (χ3v) is 3.39. The maximum Gasteiger partial charge on any atom is 0.486 e. The topological polar surface area (TPSA) is 44.8 Å². The van der Waals surface area contributed by atoms with Crippen molar-refractivity contribution in [2.45, 2.75) is 58.7 Å². The van der Waals surface area contributed by atoms with Crippen molar-refractivity contribution in [1.82, 2.24) is 0 Å². The Balaban J connectivity index is 2.35. The fraction of sp³-hybridized carbons (Fsp3) is 0.769. The summed E-state index contributed by atoms with van der Waals surface area (Å²) in [7, 11) is -0.336. The van der Waals surface area contributed by atoms with E-state index in [1.807, 2.05) is 39.7 Å². The average molecular weight is 254 g/mol. The first kappa shape index (κ1) is 15.3. The summed E-state index contributed by atoms with van der Waals surface area (Å²) in [6.07, 6.45) is 2.94. The normalized spacial score (nSPS) is 21.5. The molecule has 0 aromatic rings. The van der Waals surface area contributed by atoms with Gasteiger partial charge in [0.15, 0.2) is 0 Å². The van der Waals surface area contributed by atoms with Crippen molar-refractivity contribution >= 4 is 13.1 Å². The molecule has 1 heterocycles. The van der Waals surface area contributed by atoms with E-state index in [-0.39, 0.29) is 24.3 Å². The highest BCUT2D eigenvalue weighted by atomic mass is 16.7. The molecular formula is C13H23BO4. The Labute approximate surface area is 110 Å². The first-order valence-electron chi connectivity index (χ1n) is 6.46. The zero-order valence-corrected chi connectivity index (χ0v) is 12.0. The molecule has 0 N–H and O–H groups in total. The largest absolute Gasteiger partial charge is 0.486 e. The minimum absolute atomic E-state index is 0.170. The van der Waals surface area contributed by atoms with Crippen LogP contribution in [0.5, 0.6) is 0 Å². The summed E-state index contributed by atoms with van der Waals surface area (Å²) in [5, 5.41) is 0. The van der Waals surface area contributed by atoms with Gasteiger partial charge in [0.05, 0.1) is 17.8 Å². The van der Waals surface area contributed by atoms with Crippen LogP contribution in [-0.2, 0) is 18.8 Å². The van der Waals surface area contributed by atoms with Crippen LogP contribution in [0.4, 0.5) is 0 Å². The molecule has 102 valence electrons. The van der Waals surface area contributed by atoms with Crippen LogP contribution >= 0.6 is 0 Å². The molecule has 0 aliphatic carbocycles. The molecule has 0 saturated carbocycles. The SMILES string of the molecule is CCOC(=O)CC/C=C\B1OC(C)(C)C(C)(C)O1. The highest BCUT2D eigenvalue weighted by Crippen LogP contribution is 2.36. The van der Waals surface area contributed by atoms with Gasteiger partial charge in [-0.05, 0) is 41.0 Å². The Morgan fingerprint density at radius 2 is 1.78 bits per heavy atom. The molecule has 1 fully saturated rings. The quantitative estimate of drug-likeness (QED) is 0.558. The molecule has 0 spiro atoms. The first-order chi connectivity index (χ1) is 8.28. The van der Waals surface area contributed by atoms with Crippen molar-refractivity contribution < 1.29 is 18.8 Å². The number of esters is 1. The van der Waals surface area contributed by atoms with Crippen molar-refractivity contribution in [2.24, 2.45) is 0 Å². The zero-order chi connectivity index (χ0) is 13.8. The third kappa shape index (κ3) is 3.85. The summed E-state index contributed by atoms with van der Waals surface area (Å²) >= 11 is 0. The lowest BCUT2D eigenvalue weighted by molar-refractivity contribution is -0.143. The van der Waals surface area contributed by atoms with Crippen molar-refractivity contribution in [3.63, 3.8) is 0 Å². The second-order valence-corrected chi connectivity index (χ2v) is 5.40. The summed E-state index contributed by atoms with van der Waals surface area (Å²) in [6.45, 7) is 10.3. The van der Waals surface area contributed by atoms with Gasteiger partial charge in [-0.1, -0.05) is 12.1 Å². The fourth-order valence-electron chi connectivity index (χ4n) is 1.61. The highest BCUT2D eigenvalue weighted by molar-refractivity contribution is 6.51. The molecule has 0 bridgehead atoms. The summed E-state index contributed by atoms with van der Waals surface area (Å²) in [5.74, 6) is 1.69. The Morgan fingerprint density at radius 1 is 1.22 bits per heavy atom. The molecule has 0 atom stereocenters. The van der Waals surface area contributed by atoms with E-state index in [1.165, 1.54) is 0 Å². The van der Waals surface area contributed by atoms with Gasteiger partial charge in [-0.15, -0.1) is 0 Å². The predicted molar refractivity (Wildman–Crippen MR) is 71.1 cm³/mol. The van der Waals surface area contributed by atoms with Crippen molar-refractivity contribution in [2.75, 3.05) is 6.61 Å². The van der Waals surface area contributed by atoms with E-state index in [1.54, 1.807) is 6.92 Å². The Kier molecular flexibility index (Phi) is 4.99. The van der Waals surface area contributed by atoms with Crippen molar-refractivity contribution in [1.29, 1.82) is 0 Å². The minimum atomic E-state index is -0.336. The van der Waals surface area contributed by atoms with Crippen LogP contribution in [0.2, 0.25) is 0 Å². The lowest BCUT2D eigenvalue weighted by Gasteiger charge is -2.32. The molecule has 0 aromatic heterocycles. The monoisotopic (exact) mass is 254 g/mol. The van der Waals surface area contributed by atoms with Crippen molar-refractivity contribution in [3.8, 4) is 0 Å². The van der Waals surface area contributed by atoms with E-state index in [0.717, 1.165) is 0 Å². The second-order valence-electron chi connectivity index (χ2n) is 5.40. The average Bonchev–Trinajstić information content (AvgIpc) is 2.43. The Morgan fingerprint density at radius 3 is 2.28 bits per heavy atom. The molecule has 0 unspecified atom stereocenters. The molecule has 1 saturated heterocycles. The molecular weight excluding hydrogens is 231 g/mol. The number of hydrogen-bond donors (Lipinski definition) is 0. The summed E-state index contributed by atoms with van der Waals surface area (Å²) < 4.78 is 16.4. The third-order valence-electron chi connectivity index (χ3n) is 3.39. The van der Waals surface area contributed by atoms with Crippen LogP contribution in [0.25, 0.3) is 0 Å². The number of carbonyl (C=O) groups excluding carboxylic acids is 1. The maximum atomic E-state index is 11.1. The van der Waals surface area contributed by atoms with Gasteiger partial charge in [0.2, 0.25) is 0 Å². The number of rotatable bonds is 5. The van der Waals surface area contributed by atoms with E-state index < -0.39 is 0 Å². The molecule has 0 amide bonds. The van der Waals surface area contributed by atoms with Gasteiger partial charge >= 0.3 is 13.1 Å². The molecule has 1 rings (SSSR count). The number of ether oxygens (including phenoxy) is 1. The molecule has 5 heteroatoms. The van der Waals surface area contributed by atoms with Crippen LogP contribution in [0, 0.1) is 0 Å². The van der Waals surface area contributed by atoms with Gasteiger partial charge in [-0.25, -0.2) is 0 Å². The smallest absolute Gasteiger partial charge is 0.466 e. The van der Waals surface area contributed by atoms with Gasteiger partial charge in [0.1, 0.15) is 0 Å². The van der Waals surface area contributed by atoms with E-state index >= 15 is 0 Å². The molecule has 4 nitrogen and oxygen atoms in total. The van der Waals surface area contributed by atoms with Crippen LogP contribution in [0.1, 0.15) is 47.5 Å². The van der Waals surface area contributed by atoms with E-state index in [9.17, 15) is 4.79 Å². The lowest BCUT2D eigenvalue weighted by atomic mass is 9.89. The highest BCUT2D eigenvalue weighted by Gasteiger charge is 2.49. The Hall–Kier alpha value is -0.805. The standard InChI is InChI=1S/C13H23BO4/c1-6-16-11(15)9-7-8-10-14-17-12(2,3)13(4,5)18-14/h8,10H,6-7,9H2,1-5H3/b10-8-. The van der Waals surface area contributed by atoms with E-state index in [2.05, 4.69) is 0 Å². The lowest BCUT2D eigenvalue weighted by Crippen LogP contribution is -2.41. The summed E-state index contributed by atoms with van der Waals surface area (Å²) in [5.41, 5.74) is -0.633. The van der Waals surface area contributed by atoms with Gasteiger partial charge in [-0.3, -0.25) is 4.79 Å². The number of hydrogen-bond acceptors (Lipinski definition) is 4. The minimum Gasteiger partial charge on any atom is -0.466 e. The molecule has 0 aromatic carbocycles. The zero-order valence-electron chi connectivity index (χ0n) is 12.0. The molecule has 0 radical (unpaired) electrons. The Bertz CT molecular complexity index is 307. The fourth-order valence-corrected chi connectivity index (χ4v) is 1.61. The van der Waals surface area contributed by atoms with Gasteiger partial charge in [0, 0.05) is 6.42 Å². The van der Waals surface area contributed by atoms with Crippen LogP contribution < -0.4 is 0 Å².